The van der Waals surface area contributed by atoms with Gasteiger partial charge in [-0.15, -0.1) is 0 Å². The van der Waals surface area contributed by atoms with E-state index in [-0.39, 0.29) is 24.5 Å². The van der Waals surface area contributed by atoms with E-state index < -0.39 is 0 Å². The number of aromatic nitrogens is 1. The van der Waals surface area contributed by atoms with Gasteiger partial charge in [0.1, 0.15) is 12.3 Å². The topological polar surface area (TPSA) is 66.8 Å². The second kappa shape index (κ2) is 8.66. The summed E-state index contributed by atoms with van der Waals surface area (Å²) in [5.74, 6) is 1.49. The molecule has 28 heavy (non-hydrogen) atoms. The average Bonchev–Trinajstić information content (AvgIpc) is 3.41. The summed E-state index contributed by atoms with van der Waals surface area (Å²) in [6.07, 6.45) is 6.87. The van der Waals surface area contributed by atoms with Gasteiger partial charge in [0.2, 0.25) is 5.91 Å². The lowest BCUT2D eigenvalue weighted by Gasteiger charge is -2.38. The second-order valence-corrected chi connectivity index (χ2v) is 8.63. The highest BCUT2D eigenvalue weighted by Crippen LogP contribution is 2.31. The summed E-state index contributed by atoms with van der Waals surface area (Å²) in [5, 5.41) is 2.94. The number of hydrogen-bond acceptors (Lipinski definition) is 4. The molecule has 154 valence electrons. The van der Waals surface area contributed by atoms with Crippen molar-refractivity contribution in [2.75, 3.05) is 45.9 Å². The van der Waals surface area contributed by atoms with E-state index in [1.54, 1.807) is 10.6 Å². The first-order valence-corrected chi connectivity index (χ1v) is 10.6. The van der Waals surface area contributed by atoms with Crippen LogP contribution in [0.3, 0.4) is 0 Å². The van der Waals surface area contributed by atoms with Gasteiger partial charge in [0, 0.05) is 39.4 Å². The zero-order valence-corrected chi connectivity index (χ0v) is 16.8. The van der Waals surface area contributed by atoms with Crippen molar-refractivity contribution in [3.63, 3.8) is 0 Å². The Morgan fingerprint density at radius 2 is 1.93 bits per heavy atom. The Labute approximate surface area is 167 Å². The van der Waals surface area contributed by atoms with Crippen molar-refractivity contribution in [1.29, 1.82) is 0 Å². The minimum absolute atomic E-state index is 0.0745. The van der Waals surface area contributed by atoms with Crippen molar-refractivity contribution < 1.29 is 14.3 Å². The highest BCUT2D eigenvalue weighted by Gasteiger charge is 2.31. The summed E-state index contributed by atoms with van der Waals surface area (Å²) in [6, 6.07) is 3.64. The quantitative estimate of drug-likeness (QED) is 0.760. The van der Waals surface area contributed by atoms with E-state index >= 15 is 0 Å². The molecule has 1 aromatic heterocycles. The summed E-state index contributed by atoms with van der Waals surface area (Å²) in [6.45, 7) is 5.52. The first-order chi connectivity index (χ1) is 13.6. The summed E-state index contributed by atoms with van der Waals surface area (Å²) in [5.41, 5.74) is 0.627. The van der Waals surface area contributed by atoms with Crippen molar-refractivity contribution in [2.45, 2.75) is 31.8 Å². The summed E-state index contributed by atoms with van der Waals surface area (Å²) < 4.78 is 7.45. The maximum Gasteiger partial charge on any atom is 0.267 e. The molecule has 2 amide bonds. The summed E-state index contributed by atoms with van der Waals surface area (Å²) in [7, 11) is 1.85. The molecule has 0 bridgehead atoms. The van der Waals surface area contributed by atoms with E-state index in [0.29, 0.717) is 24.7 Å². The fraction of sp³-hybridized carbons (Fsp3) is 0.714. The van der Waals surface area contributed by atoms with Crippen molar-refractivity contribution in [2.24, 2.45) is 18.9 Å². The fourth-order valence-corrected chi connectivity index (χ4v) is 4.30. The molecule has 2 aliphatic heterocycles. The Hall–Kier alpha value is -1.86. The molecule has 1 saturated carbocycles. The molecule has 7 heteroatoms. The Morgan fingerprint density at radius 1 is 1.18 bits per heavy atom. The molecule has 1 aliphatic carbocycles. The van der Waals surface area contributed by atoms with Gasteiger partial charge in [-0.25, -0.2) is 0 Å². The molecule has 2 saturated heterocycles. The van der Waals surface area contributed by atoms with Crippen LogP contribution in [0.25, 0.3) is 0 Å². The maximum absolute atomic E-state index is 12.3. The van der Waals surface area contributed by atoms with Crippen LogP contribution in [0.1, 0.15) is 36.2 Å². The van der Waals surface area contributed by atoms with Gasteiger partial charge >= 0.3 is 0 Å². The van der Waals surface area contributed by atoms with Gasteiger partial charge in [-0.1, -0.05) is 0 Å². The molecule has 0 aromatic carbocycles. The van der Waals surface area contributed by atoms with Crippen LogP contribution in [-0.2, 0) is 16.6 Å². The molecular formula is C21H32N4O3. The van der Waals surface area contributed by atoms with Crippen LogP contribution < -0.4 is 5.32 Å². The standard InChI is InChI=1S/C21H32N4O3/c1-23-8-2-3-19(23)21(27)22-11-18-14-25(20(26)15-28-18)13-17-6-9-24(10-7-17)12-16-4-5-16/h2-3,8,16-18H,4-7,9-15H2,1H3,(H,22,27)/t18-/m1/s1. The predicted molar refractivity (Wildman–Crippen MR) is 106 cm³/mol. The molecule has 0 unspecified atom stereocenters. The Kier molecular flexibility index (Phi) is 6.01. The lowest BCUT2D eigenvalue weighted by Crippen LogP contribution is -2.52. The minimum atomic E-state index is -0.142. The number of hydrogen-bond donors (Lipinski definition) is 1. The number of aryl methyl sites for hydroxylation is 1. The first kappa shape index (κ1) is 19.5. The smallest absolute Gasteiger partial charge is 0.267 e. The second-order valence-electron chi connectivity index (χ2n) is 8.63. The highest BCUT2D eigenvalue weighted by atomic mass is 16.5. The van der Waals surface area contributed by atoms with Crippen molar-refractivity contribution in [3.05, 3.63) is 24.0 Å². The molecule has 0 spiro atoms. The van der Waals surface area contributed by atoms with E-state index in [1.165, 1.54) is 32.2 Å². The number of rotatable bonds is 7. The van der Waals surface area contributed by atoms with Crippen LogP contribution in [0.4, 0.5) is 0 Å². The molecule has 3 heterocycles. The molecule has 7 nitrogen and oxygen atoms in total. The first-order valence-electron chi connectivity index (χ1n) is 10.6. The van der Waals surface area contributed by atoms with E-state index in [2.05, 4.69) is 10.2 Å². The van der Waals surface area contributed by atoms with Crippen LogP contribution in [0.5, 0.6) is 0 Å². The van der Waals surface area contributed by atoms with E-state index in [1.807, 2.05) is 24.2 Å². The number of carbonyl (C=O) groups excluding carboxylic acids is 2. The van der Waals surface area contributed by atoms with Gasteiger partial charge in [-0.2, -0.15) is 0 Å². The third-order valence-electron chi connectivity index (χ3n) is 6.28. The fourth-order valence-electron chi connectivity index (χ4n) is 4.30. The largest absolute Gasteiger partial charge is 0.365 e. The zero-order chi connectivity index (χ0) is 19.5. The Morgan fingerprint density at radius 3 is 2.61 bits per heavy atom. The van der Waals surface area contributed by atoms with Gasteiger partial charge < -0.3 is 24.4 Å². The van der Waals surface area contributed by atoms with Crippen molar-refractivity contribution in [3.8, 4) is 0 Å². The number of ether oxygens (including phenoxy) is 1. The molecule has 4 rings (SSSR count). The zero-order valence-electron chi connectivity index (χ0n) is 16.8. The SMILES string of the molecule is Cn1cccc1C(=O)NC[C@@H]1CN(CC2CCN(CC3CC3)CC2)C(=O)CO1. The van der Waals surface area contributed by atoms with Gasteiger partial charge in [0.05, 0.1) is 6.10 Å². The third-order valence-corrected chi connectivity index (χ3v) is 6.28. The number of nitrogens with one attached hydrogen (secondary N) is 1. The Bertz CT molecular complexity index is 692. The number of amides is 2. The Balaban J connectivity index is 1.21. The lowest BCUT2D eigenvalue weighted by atomic mass is 9.95. The number of likely N-dealkylation sites (tertiary alicyclic amines) is 1. The van der Waals surface area contributed by atoms with Crippen LogP contribution in [0.15, 0.2) is 18.3 Å². The molecule has 1 N–H and O–H groups in total. The van der Waals surface area contributed by atoms with E-state index in [0.717, 1.165) is 25.6 Å². The van der Waals surface area contributed by atoms with Crippen molar-refractivity contribution in [1.82, 2.24) is 19.7 Å². The minimum Gasteiger partial charge on any atom is -0.365 e. The van der Waals surface area contributed by atoms with Crippen LogP contribution in [0.2, 0.25) is 0 Å². The molecule has 0 radical (unpaired) electrons. The predicted octanol–water partition coefficient (Wildman–Crippen LogP) is 1.10. The molecule has 1 aromatic rings. The number of nitrogens with zero attached hydrogens (tertiary/aromatic N) is 3. The molecule has 3 aliphatic rings. The lowest BCUT2D eigenvalue weighted by molar-refractivity contribution is -0.149. The number of morpholine rings is 1. The van der Waals surface area contributed by atoms with Crippen molar-refractivity contribution >= 4 is 11.8 Å². The third kappa shape index (κ3) is 4.94. The summed E-state index contributed by atoms with van der Waals surface area (Å²) in [4.78, 5) is 29.1. The molecule has 1 atom stereocenters. The average molecular weight is 389 g/mol. The number of carbonyl (C=O) groups is 2. The van der Waals surface area contributed by atoms with Gasteiger partial charge in [-0.3, -0.25) is 9.59 Å². The van der Waals surface area contributed by atoms with Gasteiger partial charge in [0.25, 0.3) is 5.91 Å². The van der Waals surface area contributed by atoms with Crippen LogP contribution in [-0.4, -0.2) is 78.2 Å². The van der Waals surface area contributed by atoms with E-state index in [4.69, 9.17) is 4.74 Å². The summed E-state index contributed by atoms with van der Waals surface area (Å²) >= 11 is 0. The number of piperidine rings is 1. The normalized spacial score (nSPS) is 24.5. The van der Waals surface area contributed by atoms with E-state index in [9.17, 15) is 9.59 Å². The molecular weight excluding hydrogens is 356 g/mol. The van der Waals surface area contributed by atoms with Gasteiger partial charge in [0.15, 0.2) is 0 Å². The van der Waals surface area contributed by atoms with Crippen LogP contribution in [0, 0.1) is 11.8 Å². The maximum atomic E-state index is 12.3. The monoisotopic (exact) mass is 388 g/mol. The molecule has 3 fully saturated rings. The highest BCUT2D eigenvalue weighted by molar-refractivity contribution is 5.92. The van der Waals surface area contributed by atoms with Crippen LogP contribution >= 0.6 is 0 Å². The van der Waals surface area contributed by atoms with Gasteiger partial charge in [-0.05, 0) is 62.7 Å².